The van der Waals surface area contributed by atoms with Crippen molar-refractivity contribution in [3.05, 3.63) is 146 Å². The highest BCUT2D eigenvalue weighted by Gasteiger charge is 2.22. The maximum Gasteiger partial charge on any atom is 0.136 e. The van der Waals surface area contributed by atoms with Crippen molar-refractivity contribution in [2.45, 2.75) is 0 Å². The van der Waals surface area contributed by atoms with E-state index in [1.165, 1.54) is 38.8 Å². The average molecular weight is 537 g/mol. The molecule has 2 nitrogen and oxygen atoms in total. The smallest absolute Gasteiger partial charge is 0.136 e. The number of benzene rings is 7. The Balaban J connectivity index is 1.24. The highest BCUT2D eigenvalue weighted by molar-refractivity contribution is 6.12. The molecular weight excluding hydrogens is 512 g/mol. The first-order valence-corrected chi connectivity index (χ1v) is 14.3. The maximum absolute atomic E-state index is 6.38. The number of ether oxygens (including phenoxy) is 1. The molecule has 0 amide bonds. The quantitative estimate of drug-likeness (QED) is 0.224. The van der Waals surface area contributed by atoms with Crippen LogP contribution in [0.15, 0.2) is 150 Å². The fraction of sp³-hybridized carbons (Fsp3) is 0. The second-order valence-corrected chi connectivity index (χ2v) is 10.8. The van der Waals surface area contributed by atoms with Crippen LogP contribution < -0.4 is 4.74 Å². The van der Waals surface area contributed by atoms with Crippen molar-refractivity contribution in [3.8, 4) is 56.0 Å². The minimum absolute atomic E-state index is 0.903. The van der Waals surface area contributed by atoms with Gasteiger partial charge in [-0.3, -0.25) is 0 Å². The van der Waals surface area contributed by atoms with Gasteiger partial charge in [0, 0.05) is 21.7 Å². The Morgan fingerprint density at radius 2 is 0.952 bits per heavy atom. The number of hydrogen-bond acceptors (Lipinski definition) is 2. The Hall–Kier alpha value is -5.60. The summed E-state index contributed by atoms with van der Waals surface area (Å²) in [5.74, 6) is 1.81. The van der Waals surface area contributed by atoms with Crippen LogP contribution in [0.2, 0.25) is 0 Å². The molecule has 9 rings (SSSR count). The van der Waals surface area contributed by atoms with Crippen LogP contribution in [0.1, 0.15) is 0 Å². The summed E-state index contributed by atoms with van der Waals surface area (Å²) in [6.07, 6.45) is 0. The van der Waals surface area contributed by atoms with Gasteiger partial charge in [0.05, 0.1) is 0 Å². The molecule has 2 heteroatoms. The molecule has 0 fully saturated rings. The van der Waals surface area contributed by atoms with Crippen LogP contribution in [0.5, 0.6) is 11.5 Å². The third-order valence-corrected chi connectivity index (χ3v) is 8.52. The van der Waals surface area contributed by atoms with E-state index in [1.54, 1.807) is 0 Å². The molecule has 0 bridgehead atoms. The minimum Gasteiger partial charge on any atom is -0.456 e. The molecule has 2 heterocycles. The highest BCUT2D eigenvalue weighted by Crippen LogP contribution is 2.49. The average Bonchev–Trinajstić information content (AvgIpc) is 3.43. The largest absolute Gasteiger partial charge is 0.456 e. The van der Waals surface area contributed by atoms with Gasteiger partial charge in [-0.25, -0.2) is 0 Å². The van der Waals surface area contributed by atoms with Gasteiger partial charge in [-0.1, -0.05) is 115 Å². The van der Waals surface area contributed by atoms with Gasteiger partial charge in [0.2, 0.25) is 0 Å². The second-order valence-electron chi connectivity index (χ2n) is 10.8. The van der Waals surface area contributed by atoms with Crippen molar-refractivity contribution in [2.75, 3.05) is 0 Å². The number of rotatable bonds is 3. The zero-order valence-corrected chi connectivity index (χ0v) is 22.7. The molecule has 0 atom stereocenters. The van der Waals surface area contributed by atoms with Crippen molar-refractivity contribution in [3.63, 3.8) is 0 Å². The van der Waals surface area contributed by atoms with Gasteiger partial charge < -0.3 is 9.15 Å². The van der Waals surface area contributed by atoms with Crippen molar-refractivity contribution in [2.24, 2.45) is 0 Å². The van der Waals surface area contributed by atoms with Crippen LogP contribution in [0.25, 0.3) is 77.2 Å². The molecule has 1 aromatic heterocycles. The van der Waals surface area contributed by atoms with E-state index in [1.807, 2.05) is 24.3 Å². The summed E-state index contributed by atoms with van der Waals surface area (Å²) in [5, 5.41) is 4.63. The Kier molecular flexibility index (Phi) is 4.93. The normalized spacial score (nSPS) is 12.0. The molecule has 0 aliphatic carbocycles. The van der Waals surface area contributed by atoms with Gasteiger partial charge in [-0.2, -0.15) is 0 Å². The Bertz CT molecular complexity index is 2340. The van der Waals surface area contributed by atoms with Gasteiger partial charge >= 0.3 is 0 Å². The number of hydrogen-bond donors (Lipinski definition) is 0. The van der Waals surface area contributed by atoms with E-state index in [0.29, 0.717) is 0 Å². The van der Waals surface area contributed by atoms with Crippen molar-refractivity contribution in [1.29, 1.82) is 0 Å². The third kappa shape index (κ3) is 3.39. The molecule has 0 radical (unpaired) electrons. The molecule has 0 N–H and O–H groups in total. The van der Waals surface area contributed by atoms with E-state index in [2.05, 4.69) is 121 Å². The molecular formula is C40H24O2. The van der Waals surface area contributed by atoms with Crippen molar-refractivity contribution < 1.29 is 9.15 Å². The fourth-order valence-electron chi connectivity index (χ4n) is 6.63. The predicted octanol–water partition coefficient (Wildman–Crippen LogP) is 11.5. The van der Waals surface area contributed by atoms with Crippen LogP contribution in [0.4, 0.5) is 0 Å². The summed E-state index contributed by atoms with van der Waals surface area (Å²) in [6.45, 7) is 0. The first kappa shape index (κ1) is 23.1. The first-order chi connectivity index (χ1) is 20.8. The molecule has 7 aromatic carbocycles. The molecule has 0 unspecified atom stereocenters. The Labute approximate surface area is 243 Å². The fourth-order valence-corrected chi connectivity index (χ4v) is 6.63. The molecule has 0 saturated carbocycles. The number of fused-ring (bicyclic) bond motifs is 5. The predicted molar refractivity (Wildman–Crippen MR) is 173 cm³/mol. The second kappa shape index (κ2) is 8.95. The van der Waals surface area contributed by atoms with Gasteiger partial charge in [0.15, 0.2) is 0 Å². The Morgan fingerprint density at radius 3 is 1.81 bits per heavy atom. The monoisotopic (exact) mass is 536 g/mol. The van der Waals surface area contributed by atoms with E-state index < -0.39 is 0 Å². The van der Waals surface area contributed by atoms with Crippen molar-refractivity contribution in [1.82, 2.24) is 0 Å². The molecule has 0 spiro atoms. The van der Waals surface area contributed by atoms with E-state index in [9.17, 15) is 0 Å². The summed E-state index contributed by atoms with van der Waals surface area (Å²) in [4.78, 5) is 0. The number of para-hydroxylation sites is 2. The zero-order chi connectivity index (χ0) is 27.6. The van der Waals surface area contributed by atoms with Crippen LogP contribution in [0, 0.1) is 0 Å². The Morgan fingerprint density at radius 1 is 0.333 bits per heavy atom. The van der Waals surface area contributed by atoms with Gasteiger partial charge in [0.1, 0.15) is 22.7 Å². The molecule has 0 saturated heterocycles. The van der Waals surface area contributed by atoms with E-state index in [0.717, 1.165) is 50.0 Å². The topological polar surface area (TPSA) is 22.4 Å². The maximum atomic E-state index is 6.38. The summed E-state index contributed by atoms with van der Waals surface area (Å²) in [5.41, 5.74) is 11.2. The summed E-state index contributed by atoms with van der Waals surface area (Å²) in [6, 6.07) is 51.4. The van der Waals surface area contributed by atoms with Gasteiger partial charge in [-0.05, 0) is 74.7 Å². The first-order valence-electron chi connectivity index (χ1n) is 14.3. The minimum atomic E-state index is 0.903. The standard InChI is InChI=1S/C40H24O2/c1-2-11-27(26(10-1)25-20-21-33-31-14-5-7-18-36(31)42-39(33)24-25)28-12-3-4-13-29(28)30-22-23-38-40-34(30)16-9-17-35(40)32-15-6-8-19-37(32)41-38/h1-24H. The molecule has 42 heavy (non-hydrogen) atoms. The summed E-state index contributed by atoms with van der Waals surface area (Å²) in [7, 11) is 0. The lowest BCUT2D eigenvalue weighted by Gasteiger charge is -2.23. The van der Waals surface area contributed by atoms with E-state index in [-0.39, 0.29) is 0 Å². The SMILES string of the molecule is c1ccc2c(c1)Oc1ccc(-c3ccccc3-c3ccccc3-c3ccc4c(c3)oc3ccccc34)c3cccc-2c13. The number of furan rings is 1. The van der Waals surface area contributed by atoms with E-state index in [4.69, 9.17) is 9.15 Å². The van der Waals surface area contributed by atoms with E-state index >= 15 is 0 Å². The molecule has 8 aromatic rings. The third-order valence-electron chi connectivity index (χ3n) is 8.52. The van der Waals surface area contributed by atoms with Gasteiger partial charge in [-0.15, -0.1) is 0 Å². The van der Waals surface area contributed by atoms with Gasteiger partial charge in [0.25, 0.3) is 0 Å². The van der Waals surface area contributed by atoms with Crippen LogP contribution in [-0.2, 0) is 0 Å². The summed E-state index contributed by atoms with van der Waals surface area (Å²) >= 11 is 0. The molecule has 196 valence electrons. The van der Waals surface area contributed by atoms with Crippen LogP contribution in [-0.4, -0.2) is 0 Å². The molecule has 1 aliphatic heterocycles. The lowest BCUT2D eigenvalue weighted by Crippen LogP contribution is -1.98. The lowest BCUT2D eigenvalue weighted by atomic mass is 9.86. The van der Waals surface area contributed by atoms with Crippen LogP contribution in [0.3, 0.4) is 0 Å². The van der Waals surface area contributed by atoms with Crippen LogP contribution >= 0.6 is 0 Å². The molecule has 1 aliphatic rings. The highest BCUT2D eigenvalue weighted by atomic mass is 16.5. The zero-order valence-electron chi connectivity index (χ0n) is 22.7. The summed E-state index contributed by atoms with van der Waals surface area (Å²) < 4.78 is 12.6. The lowest BCUT2D eigenvalue weighted by molar-refractivity contribution is 0.487. The van der Waals surface area contributed by atoms with Crippen molar-refractivity contribution >= 4 is 32.7 Å².